The van der Waals surface area contributed by atoms with E-state index in [1.54, 1.807) is 0 Å². The fourth-order valence-corrected chi connectivity index (χ4v) is 1.30. The van der Waals surface area contributed by atoms with Gasteiger partial charge in [0, 0.05) is 0 Å². The highest BCUT2D eigenvalue weighted by molar-refractivity contribution is 6.43. The van der Waals surface area contributed by atoms with Gasteiger partial charge in [0.25, 0.3) is 0 Å². The Morgan fingerprint density at radius 2 is 1.85 bits per heavy atom. The number of alkyl halides is 2. The van der Waals surface area contributed by atoms with E-state index in [-0.39, 0.29) is 21.5 Å². The van der Waals surface area contributed by atoms with Crippen molar-refractivity contribution < 1.29 is 18.3 Å². The van der Waals surface area contributed by atoms with Crippen molar-refractivity contribution in [1.82, 2.24) is 0 Å². The molecule has 70 valence electrons. The molecule has 0 aliphatic carbocycles. The number of hydrogen-bond donors (Lipinski definition) is 0. The maximum atomic E-state index is 12.5. The second kappa shape index (κ2) is 2.62. The summed E-state index contributed by atoms with van der Waals surface area (Å²) in [5.41, 5.74) is 0. The van der Waals surface area contributed by atoms with Crippen molar-refractivity contribution in [3.63, 3.8) is 0 Å². The van der Waals surface area contributed by atoms with Crippen LogP contribution in [-0.4, -0.2) is 6.29 Å². The van der Waals surface area contributed by atoms with Crippen molar-refractivity contribution in [2.75, 3.05) is 0 Å². The topological polar surface area (TPSA) is 18.5 Å². The Kier molecular flexibility index (Phi) is 1.78. The van der Waals surface area contributed by atoms with Crippen LogP contribution < -0.4 is 9.47 Å². The van der Waals surface area contributed by atoms with Crippen molar-refractivity contribution in [1.29, 1.82) is 0 Å². The molecule has 1 aromatic rings. The molecule has 0 aromatic heterocycles. The molecule has 1 aliphatic rings. The van der Waals surface area contributed by atoms with Gasteiger partial charge in [0.1, 0.15) is 5.02 Å². The van der Waals surface area contributed by atoms with Gasteiger partial charge in [0.05, 0.1) is 5.02 Å². The summed E-state index contributed by atoms with van der Waals surface area (Å²) >= 11 is 11.2. The van der Waals surface area contributed by atoms with E-state index in [9.17, 15) is 8.78 Å². The Morgan fingerprint density at radius 3 is 2.54 bits per heavy atom. The highest BCUT2D eigenvalue weighted by Gasteiger charge is 2.44. The zero-order chi connectivity index (χ0) is 9.64. The normalized spacial score (nSPS) is 17.5. The van der Waals surface area contributed by atoms with Crippen molar-refractivity contribution >= 4 is 23.2 Å². The number of ether oxygens (including phenoxy) is 2. The summed E-state index contributed by atoms with van der Waals surface area (Å²) in [7, 11) is 0. The van der Waals surface area contributed by atoms with Crippen LogP contribution in [0.3, 0.4) is 0 Å². The second-order valence-corrected chi connectivity index (χ2v) is 3.14. The predicted octanol–water partition coefficient (Wildman–Crippen LogP) is 3.31. The smallest absolute Gasteiger partial charge is 0.395 e. The second-order valence-electron chi connectivity index (χ2n) is 2.36. The molecule has 1 aliphatic heterocycles. The first kappa shape index (κ1) is 8.84. The van der Waals surface area contributed by atoms with Gasteiger partial charge in [0.2, 0.25) is 0 Å². The summed E-state index contributed by atoms with van der Waals surface area (Å²) < 4.78 is 33.3. The molecule has 0 saturated carbocycles. The van der Waals surface area contributed by atoms with Gasteiger partial charge in [-0.15, -0.1) is 8.78 Å². The molecule has 0 spiro atoms. The first-order valence-electron chi connectivity index (χ1n) is 3.23. The van der Waals surface area contributed by atoms with Gasteiger partial charge in [-0.05, 0) is 12.1 Å². The molecule has 0 bridgehead atoms. The van der Waals surface area contributed by atoms with E-state index in [0.717, 1.165) is 0 Å². The Morgan fingerprint density at radius 1 is 1.15 bits per heavy atom. The molecule has 0 saturated heterocycles. The van der Waals surface area contributed by atoms with E-state index in [1.165, 1.54) is 12.1 Å². The molecular formula is C7H2Cl2F2O2. The lowest BCUT2D eigenvalue weighted by Crippen LogP contribution is -2.26. The molecule has 0 N–H and O–H groups in total. The lowest BCUT2D eigenvalue weighted by atomic mass is 10.3. The third kappa shape index (κ3) is 1.40. The molecule has 0 atom stereocenters. The van der Waals surface area contributed by atoms with Gasteiger partial charge in [-0.1, -0.05) is 23.2 Å². The summed E-state index contributed by atoms with van der Waals surface area (Å²) in [5.74, 6) is -0.335. The maximum Gasteiger partial charge on any atom is 0.586 e. The first-order valence-corrected chi connectivity index (χ1v) is 3.99. The van der Waals surface area contributed by atoms with E-state index < -0.39 is 6.29 Å². The first-order chi connectivity index (χ1) is 5.99. The lowest BCUT2D eigenvalue weighted by molar-refractivity contribution is -0.286. The summed E-state index contributed by atoms with van der Waals surface area (Å²) in [6.07, 6.45) is -3.66. The van der Waals surface area contributed by atoms with Gasteiger partial charge in [-0.25, -0.2) is 0 Å². The minimum Gasteiger partial charge on any atom is -0.395 e. The van der Waals surface area contributed by atoms with Crippen LogP contribution in [0.1, 0.15) is 0 Å². The van der Waals surface area contributed by atoms with E-state index in [1.807, 2.05) is 0 Å². The molecule has 1 heterocycles. The number of fused-ring (bicyclic) bond motifs is 1. The summed E-state index contributed by atoms with van der Waals surface area (Å²) in [6, 6.07) is 2.62. The standard InChI is InChI=1S/C7H2Cl2F2O2/c8-3-1-2-4-6(5(3)9)13-7(10,11)12-4/h1-2H. The molecule has 0 radical (unpaired) electrons. The molecule has 0 unspecified atom stereocenters. The van der Waals surface area contributed by atoms with Crippen molar-refractivity contribution in [3.8, 4) is 11.5 Å². The maximum absolute atomic E-state index is 12.5. The molecule has 1 aromatic carbocycles. The molecule has 2 rings (SSSR count). The minimum atomic E-state index is -3.66. The lowest BCUT2D eigenvalue weighted by Gasteiger charge is -2.04. The highest BCUT2D eigenvalue weighted by Crippen LogP contribution is 2.47. The SMILES string of the molecule is FC1(F)Oc2ccc(Cl)c(Cl)c2O1. The quantitative estimate of drug-likeness (QED) is 0.676. The predicted molar refractivity (Wildman–Crippen MR) is 42.7 cm³/mol. The Bertz CT molecular complexity index is 368. The number of rotatable bonds is 0. The van der Waals surface area contributed by atoms with Crippen LogP contribution in [0.4, 0.5) is 8.78 Å². The van der Waals surface area contributed by atoms with Crippen molar-refractivity contribution in [2.24, 2.45) is 0 Å². The number of benzene rings is 1. The monoisotopic (exact) mass is 226 g/mol. The third-order valence-electron chi connectivity index (χ3n) is 1.46. The highest BCUT2D eigenvalue weighted by atomic mass is 35.5. The zero-order valence-corrected chi connectivity index (χ0v) is 7.49. The van der Waals surface area contributed by atoms with Crippen LogP contribution in [-0.2, 0) is 0 Å². The Hall–Kier alpha value is -0.740. The number of hydrogen-bond acceptors (Lipinski definition) is 2. The molecular weight excluding hydrogens is 225 g/mol. The molecule has 0 amide bonds. The fraction of sp³-hybridized carbons (Fsp3) is 0.143. The molecule has 0 fully saturated rings. The van der Waals surface area contributed by atoms with Crippen LogP contribution in [0.25, 0.3) is 0 Å². The van der Waals surface area contributed by atoms with Gasteiger partial charge >= 0.3 is 6.29 Å². The largest absolute Gasteiger partial charge is 0.586 e. The van der Waals surface area contributed by atoms with Crippen molar-refractivity contribution in [3.05, 3.63) is 22.2 Å². The van der Waals surface area contributed by atoms with Gasteiger partial charge < -0.3 is 9.47 Å². The van der Waals surface area contributed by atoms with Gasteiger partial charge in [0.15, 0.2) is 11.5 Å². The molecule has 2 nitrogen and oxygen atoms in total. The van der Waals surface area contributed by atoms with Gasteiger partial charge in [-0.3, -0.25) is 0 Å². The van der Waals surface area contributed by atoms with Crippen LogP contribution in [0, 0.1) is 0 Å². The fourth-order valence-electron chi connectivity index (χ4n) is 0.957. The molecule has 6 heteroatoms. The summed E-state index contributed by atoms with van der Waals surface area (Å²) in [5, 5.41) is 0.0676. The average Bonchev–Trinajstić information content (AvgIpc) is 2.34. The molecule has 13 heavy (non-hydrogen) atoms. The zero-order valence-electron chi connectivity index (χ0n) is 5.98. The minimum absolute atomic E-state index is 0.0728. The van der Waals surface area contributed by atoms with Crippen LogP contribution in [0.5, 0.6) is 11.5 Å². The summed E-state index contributed by atoms with van der Waals surface area (Å²) in [6.45, 7) is 0. The Balaban J connectivity index is 2.53. The third-order valence-corrected chi connectivity index (χ3v) is 2.25. The Labute approximate surface area is 82.0 Å². The van der Waals surface area contributed by atoms with Crippen LogP contribution in [0.2, 0.25) is 10.0 Å². The van der Waals surface area contributed by atoms with E-state index >= 15 is 0 Å². The van der Waals surface area contributed by atoms with E-state index in [2.05, 4.69) is 9.47 Å². The average molecular weight is 227 g/mol. The van der Waals surface area contributed by atoms with Crippen LogP contribution in [0.15, 0.2) is 12.1 Å². The van der Waals surface area contributed by atoms with E-state index in [4.69, 9.17) is 23.2 Å². The number of halogens is 4. The van der Waals surface area contributed by atoms with Crippen molar-refractivity contribution in [2.45, 2.75) is 6.29 Å². The van der Waals surface area contributed by atoms with Gasteiger partial charge in [-0.2, -0.15) is 0 Å². The summed E-state index contributed by atoms with van der Waals surface area (Å²) in [4.78, 5) is 0. The van der Waals surface area contributed by atoms with E-state index in [0.29, 0.717) is 0 Å². The van der Waals surface area contributed by atoms with Crippen LogP contribution >= 0.6 is 23.2 Å².